The lowest BCUT2D eigenvalue weighted by molar-refractivity contribution is 0.0794. The Morgan fingerprint density at radius 1 is 1.71 bits per heavy atom. The number of nitrogens with one attached hydrogen (secondary N) is 1. The highest BCUT2D eigenvalue weighted by atomic mass is 32.1. The van der Waals surface area contributed by atoms with Gasteiger partial charge in [0, 0.05) is 19.1 Å². The molecule has 1 unspecified atom stereocenters. The first-order valence-electron chi connectivity index (χ1n) is 4.81. The second-order valence-electron chi connectivity index (χ2n) is 3.50. The third-order valence-electron chi connectivity index (χ3n) is 2.62. The van der Waals surface area contributed by atoms with Crippen LogP contribution in [0.25, 0.3) is 0 Å². The number of rotatable bonds is 2. The minimum absolute atomic E-state index is 0.178. The number of likely N-dealkylation sites (N-methyl/N-ethyl adjacent to an activating group) is 1. The quantitative estimate of drug-likeness (QED) is 0.795. The minimum atomic E-state index is 0.178. The molecule has 1 aliphatic rings. The molecule has 1 aliphatic heterocycles. The second kappa shape index (κ2) is 4.11. The summed E-state index contributed by atoms with van der Waals surface area (Å²) < 4.78 is 0. The molecule has 2 heterocycles. The van der Waals surface area contributed by atoms with Crippen molar-refractivity contribution in [1.82, 2.24) is 10.2 Å². The van der Waals surface area contributed by atoms with E-state index in [1.807, 2.05) is 29.5 Å². The number of thiophene rings is 1. The molecule has 0 saturated carbocycles. The molecule has 1 N–H and O–H groups in total. The monoisotopic (exact) mass is 210 g/mol. The molecule has 0 aliphatic carbocycles. The summed E-state index contributed by atoms with van der Waals surface area (Å²) in [5.41, 5.74) is 0. The average Bonchev–Trinajstić information content (AvgIpc) is 2.88. The van der Waals surface area contributed by atoms with Gasteiger partial charge in [-0.15, -0.1) is 11.3 Å². The van der Waals surface area contributed by atoms with Crippen LogP contribution in [0, 0.1) is 0 Å². The maximum absolute atomic E-state index is 11.9. The van der Waals surface area contributed by atoms with Gasteiger partial charge in [-0.1, -0.05) is 6.07 Å². The number of amides is 1. The number of hydrogen-bond acceptors (Lipinski definition) is 3. The third kappa shape index (κ3) is 1.81. The van der Waals surface area contributed by atoms with Crippen molar-refractivity contribution in [3.05, 3.63) is 22.4 Å². The fourth-order valence-electron chi connectivity index (χ4n) is 1.74. The van der Waals surface area contributed by atoms with Crippen molar-refractivity contribution in [3.8, 4) is 0 Å². The van der Waals surface area contributed by atoms with Gasteiger partial charge in [-0.2, -0.15) is 0 Å². The van der Waals surface area contributed by atoms with Crippen LogP contribution in [0.15, 0.2) is 17.5 Å². The number of carbonyl (C=O) groups is 1. The van der Waals surface area contributed by atoms with Crippen molar-refractivity contribution in [2.24, 2.45) is 0 Å². The van der Waals surface area contributed by atoms with E-state index < -0.39 is 0 Å². The van der Waals surface area contributed by atoms with E-state index >= 15 is 0 Å². The standard InChI is InChI=1S/C10H14N2OS/c1-11-8-4-5-12(7-8)10(13)9-3-2-6-14-9/h2-3,6,8,11H,4-5,7H2,1H3. The number of nitrogens with zero attached hydrogens (tertiary/aromatic N) is 1. The van der Waals surface area contributed by atoms with Crippen LogP contribution in [-0.4, -0.2) is 37.0 Å². The lowest BCUT2D eigenvalue weighted by Gasteiger charge is -2.14. The third-order valence-corrected chi connectivity index (χ3v) is 3.47. The molecule has 0 spiro atoms. The van der Waals surface area contributed by atoms with Gasteiger partial charge in [0.15, 0.2) is 0 Å². The van der Waals surface area contributed by atoms with Crippen LogP contribution in [0.3, 0.4) is 0 Å². The van der Waals surface area contributed by atoms with Crippen molar-refractivity contribution in [1.29, 1.82) is 0 Å². The Hall–Kier alpha value is -0.870. The molecule has 1 atom stereocenters. The van der Waals surface area contributed by atoms with Crippen molar-refractivity contribution < 1.29 is 4.79 Å². The van der Waals surface area contributed by atoms with Gasteiger partial charge in [0.05, 0.1) is 4.88 Å². The molecule has 1 aromatic rings. The average molecular weight is 210 g/mol. The van der Waals surface area contributed by atoms with E-state index in [4.69, 9.17) is 0 Å². The Bertz CT molecular complexity index is 310. The van der Waals surface area contributed by atoms with Crippen LogP contribution in [0.5, 0.6) is 0 Å². The topological polar surface area (TPSA) is 32.3 Å². The highest BCUT2D eigenvalue weighted by molar-refractivity contribution is 7.12. The molecule has 3 nitrogen and oxygen atoms in total. The van der Waals surface area contributed by atoms with E-state index in [1.165, 1.54) is 11.3 Å². The van der Waals surface area contributed by atoms with Gasteiger partial charge in [0.1, 0.15) is 0 Å². The zero-order valence-electron chi connectivity index (χ0n) is 8.19. The molecular weight excluding hydrogens is 196 g/mol. The van der Waals surface area contributed by atoms with Crippen molar-refractivity contribution >= 4 is 17.2 Å². The summed E-state index contributed by atoms with van der Waals surface area (Å²) in [4.78, 5) is 14.7. The summed E-state index contributed by atoms with van der Waals surface area (Å²) in [5, 5.41) is 5.15. The van der Waals surface area contributed by atoms with E-state index in [-0.39, 0.29) is 5.91 Å². The van der Waals surface area contributed by atoms with Gasteiger partial charge in [-0.3, -0.25) is 4.79 Å². The maximum Gasteiger partial charge on any atom is 0.263 e. The van der Waals surface area contributed by atoms with Gasteiger partial charge in [-0.05, 0) is 24.9 Å². The molecule has 0 bridgehead atoms. The number of carbonyl (C=O) groups excluding carboxylic acids is 1. The first-order chi connectivity index (χ1) is 6.81. The number of likely N-dealkylation sites (tertiary alicyclic amines) is 1. The van der Waals surface area contributed by atoms with E-state index in [2.05, 4.69) is 5.32 Å². The highest BCUT2D eigenvalue weighted by Gasteiger charge is 2.25. The SMILES string of the molecule is CNC1CCN(C(=O)c2cccs2)C1. The van der Waals surface area contributed by atoms with Gasteiger partial charge in [-0.25, -0.2) is 0 Å². The summed E-state index contributed by atoms with van der Waals surface area (Å²) in [6.45, 7) is 1.72. The van der Waals surface area contributed by atoms with Crippen molar-refractivity contribution in [3.63, 3.8) is 0 Å². The Morgan fingerprint density at radius 3 is 3.14 bits per heavy atom. The molecule has 4 heteroatoms. The molecule has 14 heavy (non-hydrogen) atoms. The van der Waals surface area contributed by atoms with Crippen molar-refractivity contribution in [2.45, 2.75) is 12.5 Å². The molecular formula is C10H14N2OS. The summed E-state index contributed by atoms with van der Waals surface area (Å²) in [5.74, 6) is 0.178. The first-order valence-corrected chi connectivity index (χ1v) is 5.69. The summed E-state index contributed by atoms with van der Waals surface area (Å²) in [6.07, 6.45) is 1.06. The predicted molar refractivity (Wildman–Crippen MR) is 57.7 cm³/mol. The minimum Gasteiger partial charge on any atom is -0.336 e. The lowest BCUT2D eigenvalue weighted by Crippen LogP contribution is -2.33. The summed E-state index contributed by atoms with van der Waals surface area (Å²) in [7, 11) is 1.95. The zero-order valence-corrected chi connectivity index (χ0v) is 9.01. The lowest BCUT2D eigenvalue weighted by atomic mass is 10.3. The van der Waals surface area contributed by atoms with Crippen molar-refractivity contribution in [2.75, 3.05) is 20.1 Å². The van der Waals surface area contributed by atoms with E-state index in [1.54, 1.807) is 0 Å². The molecule has 1 fully saturated rings. The molecule has 76 valence electrons. The molecule has 0 radical (unpaired) electrons. The molecule has 1 amide bonds. The smallest absolute Gasteiger partial charge is 0.263 e. The van der Waals surface area contributed by atoms with E-state index in [0.29, 0.717) is 6.04 Å². The van der Waals surface area contributed by atoms with Crippen LogP contribution < -0.4 is 5.32 Å². The Labute approximate surface area is 87.7 Å². The Kier molecular flexibility index (Phi) is 2.84. The van der Waals surface area contributed by atoms with E-state index in [0.717, 1.165) is 24.4 Å². The maximum atomic E-state index is 11.9. The molecule has 1 aromatic heterocycles. The van der Waals surface area contributed by atoms with Gasteiger partial charge < -0.3 is 10.2 Å². The van der Waals surface area contributed by atoms with Gasteiger partial charge >= 0.3 is 0 Å². The first kappa shape index (κ1) is 9.68. The van der Waals surface area contributed by atoms with Crippen LogP contribution in [0.2, 0.25) is 0 Å². The predicted octanol–water partition coefficient (Wildman–Crippen LogP) is 1.18. The molecule has 1 saturated heterocycles. The Morgan fingerprint density at radius 2 is 2.57 bits per heavy atom. The Balaban J connectivity index is 2.00. The largest absolute Gasteiger partial charge is 0.336 e. The zero-order chi connectivity index (χ0) is 9.97. The fourth-order valence-corrected chi connectivity index (χ4v) is 2.43. The van der Waals surface area contributed by atoms with Crippen LogP contribution in [0.4, 0.5) is 0 Å². The van der Waals surface area contributed by atoms with Gasteiger partial charge in [0.25, 0.3) is 5.91 Å². The number of hydrogen-bond donors (Lipinski definition) is 1. The normalized spacial score (nSPS) is 21.5. The summed E-state index contributed by atoms with van der Waals surface area (Å²) >= 11 is 1.52. The van der Waals surface area contributed by atoms with Crippen LogP contribution in [0.1, 0.15) is 16.1 Å². The van der Waals surface area contributed by atoms with Crippen LogP contribution in [-0.2, 0) is 0 Å². The fraction of sp³-hybridized carbons (Fsp3) is 0.500. The molecule has 0 aromatic carbocycles. The second-order valence-corrected chi connectivity index (χ2v) is 4.45. The molecule has 2 rings (SSSR count). The van der Waals surface area contributed by atoms with E-state index in [9.17, 15) is 4.79 Å². The summed E-state index contributed by atoms with van der Waals surface area (Å²) in [6, 6.07) is 4.28. The highest BCUT2D eigenvalue weighted by Crippen LogP contribution is 2.16. The van der Waals surface area contributed by atoms with Crippen LogP contribution >= 0.6 is 11.3 Å². The van der Waals surface area contributed by atoms with Gasteiger partial charge in [0.2, 0.25) is 0 Å².